The quantitative estimate of drug-likeness (QED) is 0.167. The van der Waals surface area contributed by atoms with Crippen LogP contribution < -0.4 is 4.74 Å². The number of nitrogens with zero attached hydrogens (tertiary/aromatic N) is 3. The number of hydrogen-bond donors (Lipinski definition) is 0. The van der Waals surface area contributed by atoms with Gasteiger partial charge in [-0.3, -0.25) is 0 Å². The molecule has 0 saturated heterocycles. The second-order valence-electron chi connectivity index (χ2n) is 25.2. The van der Waals surface area contributed by atoms with E-state index in [9.17, 15) is 0 Å². The fourth-order valence-electron chi connectivity index (χ4n) is 19.5. The Morgan fingerprint density at radius 2 is 0.931 bits per heavy atom. The summed E-state index contributed by atoms with van der Waals surface area (Å²) in [5.41, 5.74) is 16.8. The Bertz CT molecular complexity index is 3480. The van der Waals surface area contributed by atoms with Crippen molar-refractivity contribution in [2.45, 2.75) is 100 Å². The first-order valence-electron chi connectivity index (χ1n) is 27.5. The summed E-state index contributed by atoms with van der Waals surface area (Å²) in [5.74, 6) is 8.45. The molecule has 1 aromatic heterocycles. The Labute approximate surface area is 423 Å². The molecule has 5 unspecified atom stereocenters. The van der Waals surface area contributed by atoms with E-state index in [-0.39, 0.29) is 0 Å². The van der Waals surface area contributed by atoms with E-state index in [0.29, 0.717) is 27.5 Å². The van der Waals surface area contributed by atoms with Gasteiger partial charge in [-0.15, -0.1) is 0 Å². The zero-order valence-electron chi connectivity index (χ0n) is 41.2. The van der Waals surface area contributed by atoms with Crippen LogP contribution in [0.5, 0.6) is 11.5 Å². The number of para-hydroxylation sites is 2. The highest BCUT2D eigenvalue weighted by Gasteiger charge is 2.71. The van der Waals surface area contributed by atoms with Crippen molar-refractivity contribution in [3.8, 4) is 67.9 Å². The van der Waals surface area contributed by atoms with E-state index in [0.717, 1.165) is 86.1 Å². The van der Waals surface area contributed by atoms with Crippen molar-refractivity contribution < 1.29 is 4.74 Å². The Morgan fingerprint density at radius 3 is 1.58 bits per heavy atom. The lowest BCUT2D eigenvalue weighted by Gasteiger charge is -2.61. The third-order valence-electron chi connectivity index (χ3n) is 21.3. The molecule has 9 atom stereocenters. The van der Waals surface area contributed by atoms with Crippen molar-refractivity contribution in [1.29, 1.82) is 0 Å². The molecule has 2 heterocycles. The minimum Gasteiger partial charge on any atom is -0.456 e. The first-order valence-corrected chi connectivity index (χ1v) is 27.5. The number of benzene rings is 7. The van der Waals surface area contributed by atoms with Crippen molar-refractivity contribution in [1.82, 2.24) is 15.0 Å². The van der Waals surface area contributed by atoms with Crippen molar-refractivity contribution in [3.05, 3.63) is 197 Å². The summed E-state index contributed by atoms with van der Waals surface area (Å²) in [6.45, 7) is 2.58. The van der Waals surface area contributed by atoms with Crippen LogP contribution in [0.25, 0.3) is 56.4 Å². The molecule has 2 spiro atoms. The fraction of sp³-hybridized carbons (Fsp3) is 0.338. The van der Waals surface area contributed by atoms with Crippen molar-refractivity contribution >= 4 is 0 Å². The largest absolute Gasteiger partial charge is 0.456 e. The normalized spacial score (nSPS) is 31.6. The molecule has 8 aromatic rings. The number of hydrogen-bond acceptors (Lipinski definition) is 4. The van der Waals surface area contributed by atoms with Crippen LogP contribution in [0.1, 0.15) is 117 Å². The Morgan fingerprint density at radius 1 is 0.403 bits per heavy atom. The van der Waals surface area contributed by atoms with Crippen molar-refractivity contribution in [3.63, 3.8) is 0 Å². The number of fused-ring (bicyclic) bond motifs is 11. The van der Waals surface area contributed by atoms with E-state index in [1.165, 1.54) is 110 Å². The number of aromatic nitrogens is 3. The van der Waals surface area contributed by atoms with Crippen LogP contribution in [0.2, 0.25) is 0 Å². The highest BCUT2D eigenvalue weighted by Crippen LogP contribution is 2.79. The van der Waals surface area contributed by atoms with Gasteiger partial charge in [0.1, 0.15) is 11.5 Å². The summed E-state index contributed by atoms with van der Waals surface area (Å²) in [6, 6.07) is 61.1. The minimum atomic E-state index is -0.557. The standard InChI is InChI=1S/C68H59N3O/c1-64-32-41-29-42(33-64)35-65(34-41,39-64)46-25-21-44(22-26-46)61-69-62(45-23-27-47(28-24-45)66-36-43-30-48-31-49(38-66)67(48,37-43)40-66)71-63(70-61)54-14-3-2-11-50(54)53-15-10-19-58-60(53)72-59-20-9-8-18-57(59)68(58)55-16-6-4-12-51(55)52-13-5-7-17-56(52)68/h2-28,41-43,48-49H,29-40H2,1H3/t41-,42?,43+,48?,49-,64+,65?,66?,67?/m1/s1. The SMILES string of the molecule is C[C@]12CC3C[C@@H](CC(c4ccc(-c5nc(-c6ccc(C78C[C@@H]9CC%10C[C@H](C7)C%10(C9)C8)cc6)nc(-c6ccccc6-c6cccc7c6Oc6ccccc6C76c7ccccc7-c7ccccc76)n5)cc4)(C3)C1)C2. The predicted octanol–water partition coefficient (Wildman–Crippen LogP) is 16.3. The summed E-state index contributed by atoms with van der Waals surface area (Å²) in [7, 11) is 0. The van der Waals surface area contributed by atoms with Gasteiger partial charge in [0.2, 0.25) is 0 Å². The predicted molar refractivity (Wildman–Crippen MR) is 286 cm³/mol. The summed E-state index contributed by atoms with van der Waals surface area (Å²) in [5, 5.41) is 0. The summed E-state index contributed by atoms with van der Waals surface area (Å²) >= 11 is 0. The third kappa shape index (κ3) is 5.36. The van der Waals surface area contributed by atoms with Crippen molar-refractivity contribution in [2.24, 2.45) is 40.4 Å². The lowest BCUT2D eigenvalue weighted by atomic mass is 9.43. The van der Waals surface area contributed by atoms with E-state index in [1.807, 2.05) is 0 Å². The zero-order chi connectivity index (χ0) is 47.2. The van der Waals surface area contributed by atoms with Crippen molar-refractivity contribution in [2.75, 3.05) is 0 Å². The monoisotopic (exact) mass is 933 g/mol. The average Bonchev–Trinajstić information content (AvgIpc) is 3.89. The zero-order valence-corrected chi connectivity index (χ0v) is 41.2. The van der Waals surface area contributed by atoms with Gasteiger partial charge < -0.3 is 4.74 Å². The lowest BCUT2D eigenvalue weighted by molar-refractivity contribution is -0.0615. The Hall–Kier alpha value is -6.65. The van der Waals surface area contributed by atoms with Gasteiger partial charge in [-0.25, -0.2) is 15.0 Å². The molecule has 18 rings (SSSR count). The van der Waals surface area contributed by atoms with Crippen LogP contribution >= 0.6 is 0 Å². The molecule has 0 amide bonds. The summed E-state index contributed by atoms with van der Waals surface area (Å²) in [6.07, 6.45) is 16.9. The highest BCUT2D eigenvalue weighted by atomic mass is 16.5. The summed E-state index contributed by atoms with van der Waals surface area (Å²) in [4.78, 5) is 16.4. The molecule has 72 heavy (non-hydrogen) atoms. The molecule has 7 aromatic carbocycles. The topological polar surface area (TPSA) is 47.9 Å². The van der Waals surface area contributed by atoms with Crippen LogP contribution in [0.4, 0.5) is 0 Å². The molecular formula is C68H59N3O. The number of ether oxygens (including phenoxy) is 1. The Kier molecular flexibility index (Phi) is 8.01. The van der Waals surface area contributed by atoms with Gasteiger partial charge in [0.05, 0.1) is 5.41 Å². The molecule has 7 bridgehead atoms. The first kappa shape index (κ1) is 40.9. The molecule has 1 aliphatic heterocycles. The van der Waals surface area contributed by atoms with E-state index in [2.05, 4.69) is 171 Å². The van der Waals surface area contributed by atoms with Crippen LogP contribution in [-0.2, 0) is 16.2 Å². The van der Waals surface area contributed by atoms with Gasteiger partial charge in [-0.2, -0.15) is 0 Å². The van der Waals surface area contributed by atoms with E-state index < -0.39 is 5.41 Å². The maximum absolute atomic E-state index is 7.22. The molecule has 352 valence electrons. The smallest absolute Gasteiger partial charge is 0.164 e. The molecule has 0 N–H and O–H groups in total. The van der Waals surface area contributed by atoms with E-state index in [4.69, 9.17) is 19.7 Å². The Balaban J connectivity index is 0.814. The van der Waals surface area contributed by atoms with E-state index in [1.54, 1.807) is 5.56 Å². The van der Waals surface area contributed by atoms with Crippen LogP contribution in [0.15, 0.2) is 164 Å². The second kappa shape index (κ2) is 14.1. The molecular weight excluding hydrogens is 875 g/mol. The van der Waals surface area contributed by atoms with Crippen LogP contribution in [0.3, 0.4) is 0 Å². The maximum Gasteiger partial charge on any atom is 0.164 e. The van der Waals surface area contributed by atoms with Gasteiger partial charge in [0.15, 0.2) is 17.5 Å². The summed E-state index contributed by atoms with van der Waals surface area (Å²) < 4.78 is 7.22. The van der Waals surface area contributed by atoms with Crippen LogP contribution in [-0.4, -0.2) is 15.0 Å². The van der Waals surface area contributed by atoms with Gasteiger partial charge >= 0.3 is 0 Å². The maximum atomic E-state index is 7.22. The van der Waals surface area contributed by atoms with Gasteiger partial charge in [0, 0.05) is 33.4 Å². The first-order chi connectivity index (χ1) is 35.3. The fourth-order valence-corrected chi connectivity index (χ4v) is 19.5. The molecule has 8 fully saturated rings. The average molecular weight is 934 g/mol. The highest BCUT2D eigenvalue weighted by molar-refractivity contribution is 5.92. The second-order valence-corrected chi connectivity index (χ2v) is 25.2. The van der Waals surface area contributed by atoms with Gasteiger partial charge in [-0.1, -0.05) is 165 Å². The van der Waals surface area contributed by atoms with Gasteiger partial charge in [-0.05, 0) is 173 Å². The van der Waals surface area contributed by atoms with Crippen LogP contribution in [0, 0.1) is 40.4 Å². The molecule has 8 saturated carbocycles. The van der Waals surface area contributed by atoms with E-state index >= 15 is 0 Å². The molecule has 4 heteroatoms. The third-order valence-corrected chi connectivity index (χ3v) is 21.3. The lowest BCUT2D eigenvalue weighted by Crippen LogP contribution is -2.52. The molecule has 0 radical (unpaired) electrons. The minimum absolute atomic E-state index is 0.294. The molecule has 10 aliphatic rings. The molecule has 9 aliphatic carbocycles. The number of rotatable bonds is 6. The van der Waals surface area contributed by atoms with Gasteiger partial charge in [0.25, 0.3) is 0 Å². The molecule has 4 nitrogen and oxygen atoms in total.